The minimum absolute atomic E-state index is 0.0975. The molecule has 1 unspecified atom stereocenters. The van der Waals surface area contributed by atoms with Gasteiger partial charge < -0.3 is 15.4 Å². The van der Waals surface area contributed by atoms with Gasteiger partial charge in [-0.1, -0.05) is 60.7 Å². The lowest BCUT2D eigenvalue weighted by molar-refractivity contribution is 0.0905. The number of carbonyl (C=O) groups is 1. The normalized spacial score (nSPS) is 18.4. The summed E-state index contributed by atoms with van der Waals surface area (Å²) < 4.78 is 6.07. The summed E-state index contributed by atoms with van der Waals surface area (Å²) in [5.41, 5.74) is 2.69. The van der Waals surface area contributed by atoms with Crippen LogP contribution in [0.15, 0.2) is 78.9 Å². The summed E-state index contributed by atoms with van der Waals surface area (Å²) in [5.74, 6) is 0.644. The number of rotatable bonds is 4. The molecular formula is C22H20N2O2. The zero-order chi connectivity index (χ0) is 18.0. The van der Waals surface area contributed by atoms with Crippen LogP contribution in [0.25, 0.3) is 0 Å². The lowest BCUT2D eigenvalue weighted by atomic mass is 9.95. The summed E-state index contributed by atoms with van der Waals surface area (Å²) >= 11 is 0. The van der Waals surface area contributed by atoms with E-state index in [1.54, 1.807) is 0 Å². The highest BCUT2D eigenvalue weighted by Gasteiger charge is 2.36. The van der Waals surface area contributed by atoms with E-state index in [2.05, 4.69) is 10.6 Å². The second-order valence-corrected chi connectivity index (χ2v) is 6.52. The first-order valence-electron chi connectivity index (χ1n) is 8.62. The van der Waals surface area contributed by atoms with Gasteiger partial charge in [-0.05, 0) is 30.7 Å². The monoisotopic (exact) mass is 344 g/mol. The van der Waals surface area contributed by atoms with Gasteiger partial charge in [-0.2, -0.15) is 0 Å². The van der Waals surface area contributed by atoms with Crippen LogP contribution in [0.3, 0.4) is 0 Å². The Balaban J connectivity index is 1.65. The standard InChI is InChI=1S/C22H20N2O2/c1-22(23-19-13-7-5-11-17(19)21(25)24-22)18-12-6-8-14-20(18)26-15-16-9-3-2-4-10-16/h2-14,23H,15H2,1H3,(H,24,25). The van der Waals surface area contributed by atoms with E-state index < -0.39 is 5.66 Å². The Morgan fingerprint density at radius 3 is 2.38 bits per heavy atom. The third-order valence-electron chi connectivity index (χ3n) is 4.58. The molecule has 1 heterocycles. The zero-order valence-corrected chi connectivity index (χ0v) is 14.5. The van der Waals surface area contributed by atoms with Gasteiger partial charge in [0.05, 0.1) is 5.56 Å². The number of carbonyl (C=O) groups excluding carboxylic acids is 1. The van der Waals surface area contributed by atoms with Gasteiger partial charge in [0.25, 0.3) is 5.91 Å². The van der Waals surface area contributed by atoms with Crippen LogP contribution < -0.4 is 15.4 Å². The van der Waals surface area contributed by atoms with Crippen LogP contribution in [0.2, 0.25) is 0 Å². The van der Waals surface area contributed by atoms with Gasteiger partial charge in [0.1, 0.15) is 18.0 Å². The first kappa shape index (κ1) is 16.2. The molecule has 1 aliphatic heterocycles. The fraction of sp³-hybridized carbons (Fsp3) is 0.136. The number of ether oxygens (including phenoxy) is 1. The van der Waals surface area contributed by atoms with Crippen LogP contribution in [-0.4, -0.2) is 5.91 Å². The summed E-state index contributed by atoms with van der Waals surface area (Å²) in [5, 5.41) is 6.52. The molecule has 0 saturated heterocycles. The lowest BCUT2D eigenvalue weighted by Gasteiger charge is -2.38. The molecule has 0 aliphatic carbocycles. The first-order chi connectivity index (χ1) is 12.7. The SMILES string of the molecule is CC1(c2ccccc2OCc2ccccc2)NC(=O)c2ccccc2N1. The number of nitrogens with one attached hydrogen (secondary N) is 2. The number of para-hydroxylation sites is 2. The lowest BCUT2D eigenvalue weighted by Crippen LogP contribution is -2.53. The fourth-order valence-corrected chi connectivity index (χ4v) is 3.26. The smallest absolute Gasteiger partial charge is 0.255 e. The van der Waals surface area contributed by atoms with Crippen LogP contribution in [-0.2, 0) is 12.3 Å². The predicted octanol–water partition coefficient (Wildman–Crippen LogP) is 4.29. The summed E-state index contributed by atoms with van der Waals surface area (Å²) in [6.45, 7) is 2.42. The number of hydrogen-bond donors (Lipinski definition) is 2. The van der Waals surface area contributed by atoms with Crippen molar-refractivity contribution in [2.45, 2.75) is 19.2 Å². The molecule has 1 aliphatic rings. The molecule has 0 saturated carbocycles. The van der Waals surface area contributed by atoms with E-state index >= 15 is 0 Å². The van der Waals surface area contributed by atoms with Crippen molar-refractivity contribution in [2.24, 2.45) is 0 Å². The van der Waals surface area contributed by atoms with E-state index in [0.29, 0.717) is 12.2 Å². The van der Waals surface area contributed by atoms with Crippen molar-refractivity contribution in [3.8, 4) is 5.75 Å². The van der Waals surface area contributed by atoms with Gasteiger partial charge >= 0.3 is 0 Å². The average Bonchev–Trinajstić information content (AvgIpc) is 2.67. The Bertz CT molecular complexity index is 940. The van der Waals surface area contributed by atoms with E-state index in [4.69, 9.17) is 4.74 Å². The third-order valence-corrected chi connectivity index (χ3v) is 4.58. The van der Waals surface area contributed by atoms with Gasteiger partial charge in [0.2, 0.25) is 0 Å². The molecule has 0 fully saturated rings. The molecule has 4 heteroatoms. The van der Waals surface area contributed by atoms with Gasteiger partial charge in [-0.3, -0.25) is 4.79 Å². The quantitative estimate of drug-likeness (QED) is 0.742. The van der Waals surface area contributed by atoms with E-state index in [9.17, 15) is 4.79 Å². The van der Waals surface area contributed by atoms with E-state index in [0.717, 1.165) is 22.6 Å². The molecule has 1 atom stereocenters. The van der Waals surface area contributed by atoms with Crippen LogP contribution >= 0.6 is 0 Å². The van der Waals surface area contributed by atoms with Crippen molar-refractivity contribution < 1.29 is 9.53 Å². The molecule has 4 nitrogen and oxygen atoms in total. The second-order valence-electron chi connectivity index (χ2n) is 6.52. The molecule has 0 bridgehead atoms. The molecule has 0 radical (unpaired) electrons. The summed E-state index contributed by atoms with van der Waals surface area (Å²) in [7, 11) is 0. The number of hydrogen-bond acceptors (Lipinski definition) is 3. The minimum atomic E-state index is -0.751. The van der Waals surface area contributed by atoms with Crippen molar-refractivity contribution >= 4 is 11.6 Å². The van der Waals surface area contributed by atoms with Crippen molar-refractivity contribution in [3.05, 3.63) is 95.6 Å². The van der Waals surface area contributed by atoms with Gasteiger partial charge in [0, 0.05) is 11.3 Å². The molecule has 2 N–H and O–H groups in total. The average molecular weight is 344 g/mol. The highest BCUT2D eigenvalue weighted by molar-refractivity contribution is 6.02. The minimum Gasteiger partial charge on any atom is -0.488 e. The largest absolute Gasteiger partial charge is 0.488 e. The molecule has 3 aromatic rings. The summed E-state index contributed by atoms with van der Waals surface area (Å²) in [6, 6.07) is 25.3. The highest BCUT2D eigenvalue weighted by Crippen LogP contribution is 2.35. The second kappa shape index (κ2) is 6.56. The first-order valence-corrected chi connectivity index (χ1v) is 8.62. The van der Waals surface area contributed by atoms with Gasteiger partial charge in [-0.15, -0.1) is 0 Å². The van der Waals surface area contributed by atoms with Crippen LogP contribution in [0.4, 0.5) is 5.69 Å². The predicted molar refractivity (Wildman–Crippen MR) is 102 cm³/mol. The Kier molecular flexibility index (Phi) is 4.09. The third kappa shape index (κ3) is 3.02. The Morgan fingerprint density at radius 1 is 0.846 bits per heavy atom. The molecule has 0 spiro atoms. The highest BCUT2D eigenvalue weighted by atomic mass is 16.5. The van der Waals surface area contributed by atoms with Crippen LogP contribution in [0, 0.1) is 0 Å². The molecular weight excluding hydrogens is 324 g/mol. The Morgan fingerprint density at radius 2 is 1.54 bits per heavy atom. The maximum atomic E-state index is 12.6. The maximum Gasteiger partial charge on any atom is 0.255 e. The Hall–Kier alpha value is -3.27. The van der Waals surface area contributed by atoms with Crippen LogP contribution in [0.1, 0.15) is 28.4 Å². The van der Waals surface area contributed by atoms with Crippen LogP contribution in [0.5, 0.6) is 5.75 Å². The van der Waals surface area contributed by atoms with Crippen molar-refractivity contribution in [2.75, 3.05) is 5.32 Å². The number of amides is 1. The fourth-order valence-electron chi connectivity index (χ4n) is 3.26. The molecule has 26 heavy (non-hydrogen) atoms. The number of fused-ring (bicyclic) bond motifs is 1. The number of anilines is 1. The van der Waals surface area contributed by atoms with E-state index in [-0.39, 0.29) is 5.91 Å². The molecule has 0 aromatic heterocycles. The summed E-state index contributed by atoms with van der Waals surface area (Å²) in [4.78, 5) is 12.6. The molecule has 130 valence electrons. The Labute approximate surface area is 152 Å². The molecule has 1 amide bonds. The topological polar surface area (TPSA) is 50.4 Å². The molecule has 3 aromatic carbocycles. The maximum absolute atomic E-state index is 12.6. The van der Waals surface area contributed by atoms with Crippen molar-refractivity contribution in [3.63, 3.8) is 0 Å². The number of benzene rings is 3. The van der Waals surface area contributed by atoms with Gasteiger partial charge in [0.15, 0.2) is 0 Å². The van der Waals surface area contributed by atoms with E-state index in [1.807, 2.05) is 85.8 Å². The van der Waals surface area contributed by atoms with E-state index in [1.165, 1.54) is 0 Å². The van der Waals surface area contributed by atoms with Gasteiger partial charge in [-0.25, -0.2) is 0 Å². The van der Waals surface area contributed by atoms with Crippen molar-refractivity contribution in [1.29, 1.82) is 0 Å². The molecule has 4 rings (SSSR count). The summed E-state index contributed by atoms with van der Waals surface area (Å²) in [6.07, 6.45) is 0. The zero-order valence-electron chi connectivity index (χ0n) is 14.5. The van der Waals surface area contributed by atoms with Crippen molar-refractivity contribution in [1.82, 2.24) is 5.32 Å².